The highest BCUT2D eigenvalue weighted by Gasteiger charge is 2.48. The summed E-state index contributed by atoms with van der Waals surface area (Å²) in [5.41, 5.74) is 7.46. The summed E-state index contributed by atoms with van der Waals surface area (Å²) >= 11 is 0. The molecule has 1 aliphatic heterocycles. The molecule has 0 unspecified atom stereocenters. The Morgan fingerprint density at radius 3 is 1.68 bits per heavy atom. The number of pyridine rings is 1. The van der Waals surface area contributed by atoms with Gasteiger partial charge in [-0.15, -0.1) is 0 Å². The van der Waals surface area contributed by atoms with Crippen molar-refractivity contribution in [3.8, 4) is 33.5 Å². The third-order valence-electron chi connectivity index (χ3n) is 8.53. The molecular formula is C38H33NSi2. The van der Waals surface area contributed by atoms with Gasteiger partial charge >= 0.3 is 0 Å². The third-order valence-corrected chi connectivity index (χ3v) is 15.4. The molecule has 3 heteroatoms. The maximum absolute atomic E-state index is 5.17. The second-order valence-corrected chi connectivity index (χ2v) is 20.8. The van der Waals surface area contributed by atoms with Gasteiger partial charge in [0.1, 0.15) is 0 Å². The van der Waals surface area contributed by atoms with Crippen LogP contribution in [0.15, 0.2) is 146 Å². The molecule has 0 spiro atoms. The van der Waals surface area contributed by atoms with Crippen LogP contribution in [0.2, 0.25) is 19.6 Å². The maximum Gasteiger partial charge on any atom is 0.180 e. The number of hydrogen-bond donors (Lipinski definition) is 0. The Kier molecular flexibility index (Phi) is 6.22. The molecule has 0 amide bonds. The van der Waals surface area contributed by atoms with Crippen LogP contribution in [0.25, 0.3) is 33.5 Å². The molecule has 0 radical (unpaired) electrons. The van der Waals surface area contributed by atoms with Gasteiger partial charge in [0.25, 0.3) is 0 Å². The van der Waals surface area contributed by atoms with Gasteiger partial charge in [0.15, 0.2) is 8.07 Å². The van der Waals surface area contributed by atoms with Crippen molar-refractivity contribution >= 4 is 42.1 Å². The summed E-state index contributed by atoms with van der Waals surface area (Å²) in [4.78, 5) is 5.17. The fraction of sp³-hybridized carbons (Fsp3) is 0.0789. The van der Waals surface area contributed by atoms with E-state index in [1.54, 1.807) is 0 Å². The molecule has 2 heterocycles. The summed E-state index contributed by atoms with van der Waals surface area (Å²) in [5, 5.41) is 7.20. The van der Waals surface area contributed by atoms with E-state index in [4.69, 9.17) is 4.98 Å². The van der Waals surface area contributed by atoms with E-state index < -0.39 is 16.1 Å². The molecule has 0 saturated heterocycles. The smallest absolute Gasteiger partial charge is 0.180 e. The second-order valence-electron chi connectivity index (χ2n) is 12.0. The minimum absolute atomic E-state index is 1.13. The van der Waals surface area contributed by atoms with E-state index in [0.29, 0.717) is 0 Å². The highest BCUT2D eigenvalue weighted by atomic mass is 28.3. The molecule has 198 valence electrons. The molecule has 0 bridgehead atoms. The summed E-state index contributed by atoms with van der Waals surface area (Å²) in [6.07, 6.45) is 2.06. The molecule has 1 nitrogen and oxygen atoms in total. The van der Waals surface area contributed by atoms with Crippen molar-refractivity contribution in [3.63, 3.8) is 0 Å². The van der Waals surface area contributed by atoms with Crippen molar-refractivity contribution in [2.45, 2.75) is 19.6 Å². The average Bonchev–Trinajstić information content (AvgIpc) is 3.32. The molecule has 0 saturated carbocycles. The fourth-order valence-corrected chi connectivity index (χ4v) is 13.3. The molecule has 0 fully saturated rings. The molecule has 1 aromatic heterocycles. The zero-order chi connectivity index (χ0) is 28.0. The van der Waals surface area contributed by atoms with Crippen molar-refractivity contribution in [2.24, 2.45) is 0 Å². The number of aromatic nitrogens is 1. The molecule has 7 rings (SSSR count). The predicted molar refractivity (Wildman–Crippen MR) is 181 cm³/mol. The number of hydrogen-bond acceptors (Lipinski definition) is 1. The van der Waals surface area contributed by atoms with Crippen LogP contribution in [0, 0.1) is 0 Å². The molecule has 1 aliphatic rings. The monoisotopic (exact) mass is 559 g/mol. The van der Waals surface area contributed by atoms with Crippen LogP contribution < -0.4 is 25.9 Å². The standard InChI is InChI=1S/C38H33NSi2/c1-40(2,3)37-26-30(28-15-7-4-8-16-28)27-39-38(37)29-23-24-36-34(25-29)33-21-13-14-22-35(33)41(36,31-17-9-5-10-18-31)32-19-11-6-12-20-32/h4-27H,1-3H3. The summed E-state index contributed by atoms with van der Waals surface area (Å²) < 4.78 is 0. The lowest BCUT2D eigenvalue weighted by Crippen LogP contribution is -2.72. The van der Waals surface area contributed by atoms with Crippen molar-refractivity contribution in [1.29, 1.82) is 0 Å². The topological polar surface area (TPSA) is 12.9 Å². The first-order chi connectivity index (χ1) is 20.0. The lowest BCUT2D eigenvalue weighted by Gasteiger charge is -2.31. The highest BCUT2D eigenvalue weighted by Crippen LogP contribution is 2.32. The summed E-state index contributed by atoms with van der Waals surface area (Å²) in [6, 6.07) is 51.7. The van der Waals surface area contributed by atoms with Gasteiger partial charge < -0.3 is 0 Å². The first-order valence-electron chi connectivity index (χ1n) is 14.4. The number of rotatable bonds is 5. The Labute approximate surface area is 245 Å². The molecule has 41 heavy (non-hydrogen) atoms. The van der Waals surface area contributed by atoms with Gasteiger partial charge in [-0.25, -0.2) is 0 Å². The van der Waals surface area contributed by atoms with E-state index in [9.17, 15) is 0 Å². The third kappa shape index (κ3) is 4.16. The number of fused-ring (bicyclic) bond motifs is 3. The van der Waals surface area contributed by atoms with E-state index in [1.807, 2.05) is 0 Å². The summed E-state index contributed by atoms with van der Waals surface area (Å²) in [7, 11) is -4.17. The molecule has 0 atom stereocenters. The molecule has 0 N–H and O–H groups in total. The summed E-state index contributed by atoms with van der Waals surface area (Å²) in [6.45, 7) is 7.27. The first kappa shape index (κ1) is 25.6. The average molecular weight is 560 g/mol. The van der Waals surface area contributed by atoms with Gasteiger partial charge in [0.05, 0.1) is 13.8 Å². The molecule has 6 aromatic rings. The Morgan fingerprint density at radius 2 is 1.05 bits per heavy atom. The second kappa shape index (κ2) is 9.95. The van der Waals surface area contributed by atoms with Crippen LogP contribution in [-0.4, -0.2) is 21.1 Å². The zero-order valence-electron chi connectivity index (χ0n) is 23.8. The Morgan fingerprint density at radius 1 is 0.488 bits per heavy atom. The van der Waals surface area contributed by atoms with Crippen LogP contribution in [0.4, 0.5) is 0 Å². The van der Waals surface area contributed by atoms with Gasteiger partial charge in [0, 0.05) is 11.8 Å². The highest BCUT2D eigenvalue weighted by molar-refractivity contribution is 7.22. The normalized spacial score (nSPS) is 13.4. The van der Waals surface area contributed by atoms with Gasteiger partial charge in [-0.05, 0) is 54.3 Å². The summed E-state index contributed by atoms with van der Waals surface area (Å²) in [5.74, 6) is 0. The minimum Gasteiger partial charge on any atom is -0.256 e. The van der Waals surface area contributed by atoms with Crippen LogP contribution in [0.5, 0.6) is 0 Å². The first-order valence-corrected chi connectivity index (χ1v) is 19.9. The molecular weight excluding hydrogens is 527 g/mol. The minimum atomic E-state index is -2.46. The maximum atomic E-state index is 5.17. The Balaban J connectivity index is 1.48. The zero-order valence-corrected chi connectivity index (χ0v) is 25.8. The van der Waals surface area contributed by atoms with Crippen molar-refractivity contribution in [3.05, 3.63) is 146 Å². The van der Waals surface area contributed by atoms with Gasteiger partial charge in [-0.3, -0.25) is 4.98 Å². The van der Waals surface area contributed by atoms with Crippen LogP contribution >= 0.6 is 0 Å². The SMILES string of the molecule is C[Si](C)(C)c1cc(-c2ccccc2)cnc1-c1ccc2c(c1)-c1ccccc1[Si]2(c1ccccc1)c1ccccc1. The Bertz CT molecular complexity index is 1820. The van der Waals surface area contributed by atoms with Gasteiger partial charge in [-0.1, -0.05) is 153 Å². The van der Waals surface area contributed by atoms with Crippen LogP contribution in [-0.2, 0) is 0 Å². The van der Waals surface area contributed by atoms with E-state index in [1.165, 1.54) is 53.8 Å². The molecule has 5 aromatic carbocycles. The number of nitrogens with zero attached hydrogens (tertiary/aromatic N) is 1. The van der Waals surface area contributed by atoms with Crippen LogP contribution in [0.1, 0.15) is 0 Å². The van der Waals surface area contributed by atoms with E-state index >= 15 is 0 Å². The Hall–Kier alpha value is -4.32. The predicted octanol–water partition coefficient (Wildman–Crippen LogP) is 6.32. The van der Waals surface area contributed by atoms with E-state index in [-0.39, 0.29) is 0 Å². The van der Waals surface area contributed by atoms with E-state index in [0.717, 1.165) is 5.69 Å². The number of benzene rings is 5. The lowest BCUT2D eigenvalue weighted by atomic mass is 10.0. The largest absolute Gasteiger partial charge is 0.256 e. The van der Waals surface area contributed by atoms with Gasteiger partial charge in [0.2, 0.25) is 0 Å². The fourth-order valence-electron chi connectivity index (χ4n) is 6.65. The quantitative estimate of drug-likeness (QED) is 0.225. The molecule has 0 aliphatic carbocycles. The van der Waals surface area contributed by atoms with Crippen molar-refractivity contribution in [2.75, 3.05) is 0 Å². The lowest BCUT2D eigenvalue weighted by molar-refractivity contribution is 1.34. The van der Waals surface area contributed by atoms with Crippen LogP contribution in [0.3, 0.4) is 0 Å². The van der Waals surface area contributed by atoms with Gasteiger partial charge in [-0.2, -0.15) is 0 Å². The van der Waals surface area contributed by atoms with Crippen molar-refractivity contribution in [1.82, 2.24) is 4.98 Å². The van der Waals surface area contributed by atoms with E-state index in [2.05, 4.69) is 165 Å². The van der Waals surface area contributed by atoms with Crippen molar-refractivity contribution < 1.29 is 0 Å².